The van der Waals surface area contributed by atoms with Crippen LogP contribution >= 0.6 is 0 Å². The first-order valence-electron chi connectivity index (χ1n) is 4.40. The number of amides is 2. The minimum atomic E-state index is -0.365. The van der Waals surface area contributed by atoms with E-state index in [0.717, 1.165) is 25.7 Å². The van der Waals surface area contributed by atoms with Crippen LogP contribution < -0.4 is 10.6 Å². The second-order valence-corrected chi connectivity index (χ2v) is 3.18. The van der Waals surface area contributed by atoms with Crippen LogP contribution in [0.25, 0.3) is 0 Å². The fourth-order valence-corrected chi connectivity index (χ4v) is 1.52. The molecule has 0 aromatic heterocycles. The van der Waals surface area contributed by atoms with Crippen LogP contribution in [0.3, 0.4) is 0 Å². The van der Waals surface area contributed by atoms with E-state index in [-0.39, 0.29) is 18.2 Å². The van der Waals surface area contributed by atoms with E-state index >= 15 is 0 Å². The van der Waals surface area contributed by atoms with Gasteiger partial charge in [0.05, 0.1) is 12.1 Å². The Balaban J connectivity index is 2.33. The Morgan fingerprint density at radius 2 is 2.08 bits per heavy atom. The molecule has 1 rings (SSSR count). The van der Waals surface area contributed by atoms with Gasteiger partial charge >= 0.3 is 6.03 Å². The van der Waals surface area contributed by atoms with Gasteiger partial charge in [0.1, 0.15) is 0 Å². The van der Waals surface area contributed by atoms with Crippen LogP contribution in [0.2, 0.25) is 0 Å². The van der Waals surface area contributed by atoms with Gasteiger partial charge < -0.3 is 15.7 Å². The molecule has 1 saturated carbocycles. The van der Waals surface area contributed by atoms with Gasteiger partial charge in [0.15, 0.2) is 0 Å². The van der Waals surface area contributed by atoms with Crippen LogP contribution in [0, 0.1) is 0 Å². The quantitative estimate of drug-likeness (QED) is 0.530. The van der Waals surface area contributed by atoms with E-state index in [0.29, 0.717) is 0 Å². The third-order valence-electron chi connectivity index (χ3n) is 2.27. The summed E-state index contributed by atoms with van der Waals surface area (Å²) < 4.78 is 0. The van der Waals surface area contributed by atoms with Gasteiger partial charge in [0.25, 0.3) is 0 Å². The molecular weight excluding hydrogens is 156 g/mol. The van der Waals surface area contributed by atoms with Gasteiger partial charge in [-0.1, -0.05) is 12.8 Å². The number of carbonyl (C=O) groups excluding carboxylic acids is 1. The zero-order valence-corrected chi connectivity index (χ0v) is 7.34. The highest BCUT2D eigenvalue weighted by molar-refractivity contribution is 5.73. The number of aliphatic hydroxyl groups excluding tert-OH is 1. The zero-order chi connectivity index (χ0) is 8.97. The average Bonchev–Trinajstić information content (AvgIpc) is 2.09. The highest BCUT2D eigenvalue weighted by Crippen LogP contribution is 2.17. The van der Waals surface area contributed by atoms with E-state index in [9.17, 15) is 9.90 Å². The molecule has 0 aromatic rings. The predicted molar refractivity (Wildman–Crippen MR) is 45.9 cm³/mol. The molecule has 12 heavy (non-hydrogen) atoms. The minimum Gasteiger partial charge on any atom is -0.391 e. The standard InChI is InChI=1S/C8H16N2O2/c1-9-8(12)10-6-4-2-3-5-7(6)11/h6-7,11H,2-5H2,1H3,(H2,9,10,12)/t6-,7-/m1/s1. The van der Waals surface area contributed by atoms with Gasteiger partial charge in [0.2, 0.25) is 0 Å². The fourth-order valence-electron chi connectivity index (χ4n) is 1.52. The average molecular weight is 172 g/mol. The third kappa shape index (κ3) is 2.37. The van der Waals surface area contributed by atoms with Crippen molar-refractivity contribution in [3.8, 4) is 0 Å². The Morgan fingerprint density at radius 3 is 2.67 bits per heavy atom. The highest BCUT2D eigenvalue weighted by atomic mass is 16.3. The van der Waals surface area contributed by atoms with Crippen molar-refractivity contribution < 1.29 is 9.90 Å². The third-order valence-corrected chi connectivity index (χ3v) is 2.27. The first-order chi connectivity index (χ1) is 5.74. The topological polar surface area (TPSA) is 61.4 Å². The van der Waals surface area contributed by atoms with Crippen molar-refractivity contribution in [3.05, 3.63) is 0 Å². The number of urea groups is 1. The summed E-state index contributed by atoms with van der Waals surface area (Å²) in [5.74, 6) is 0. The molecule has 0 bridgehead atoms. The monoisotopic (exact) mass is 172 g/mol. The van der Waals surface area contributed by atoms with E-state index in [1.807, 2.05) is 0 Å². The molecule has 1 aliphatic rings. The molecule has 4 heteroatoms. The van der Waals surface area contributed by atoms with Gasteiger partial charge in [0, 0.05) is 7.05 Å². The number of nitrogens with one attached hydrogen (secondary N) is 2. The van der Waals surface area contributed by atoms with Crippen LogP contribution in [-0.4, -0.2) is 30.3 Å². The van der Waals surface area contributed by atoms with Crippen LogP contribution in [0.5, 0.6) is 0 Å². The summed E-state index contributed by atoms with van der Waals surface area (Å²) in [6, 6.07) is -0.264. The number of hydrogen-bond acceptors (Lipinski definition) is 2. The molecule has 0 radical (unpaired) electrons. The van der Waals surface area contributed by atoms with E-state index in [1.165, 1.54) is 0 Å². The normalized spacial score (nSPS) is 29.5. The summed E-state index contributed by atoms with van der Waals surface area (Å²) in [4.78, 5) is 10.9. The van der Waals surface area contributed by atoms with E-state index in [4.69, 9.17) is 0 Å². The summed E-state index contributed by atoms with van der Waals surface area (Å²) in [6.07, 6.45) is 3.47. The van der Waals surface area contributed by atoms with Crippen molar-refractivity contribution in [3.63, 3.8) is 0 Å². The van der Waals surface area contributed by atoms with Gasteiger partial charge in [-0.05, 0) is 12.8 Å². The van der Waals surface area contributed by atoms with Gasteiger partial charge in [-0.2, -0.15) is 0 Å². The Morgan fingerprint density at radius 1 is 1.42 bits per heavy atom. The Labute approximate surface area is 72.3 Å². The van der Waals surface area contributed by atoms with Crippen molar-refractivity contribution in [2.45, 2.75) is 37.8 Å². The summed E-state index contributed by atoms with van der Waals surface area (Å²) in [7, 11) is 1.57. The summed E-state index contributed by atoms with van der Waals surface area (Å²) in [6.45, 7) is 0. The van der Waals surface area contributed by atoms with E-state index in [1.54, 1.807) is 7.05 Å². The lowest BCUT2D eigenvalue weighted by molar-refractivity contribution is 0.0945. The number of carbonyl (C=O) groups is 1. The minimum absolute atomic E-state index is 0.0568. The van der Waals surface area contributed by atoms with Gasteiger partial charge in [-0.3, -0.25) is 0 Å². The lowest BCUT2D eigenvalue weighted by Gasteiger charge is -2.27. The summed E-state index contributed by atoms with van der Waals surface area (Å²) in [5.41, 5.74) is 0. The maximum atomic E-state index is 10.9. The highest BCUT2D eigenvalue weighted by Gasteiger charge is 2.23. The molecule has 0 aliphatic heterocycles. The SMILES string of the molecule is CNC(=O)N[C@@H]1CCCC[C@H]1O. The molecule has 0 spiro atoms. The van der Waals surface area contributed by atoms with Gasteiger partial charge in [-0.15, -0.1) is 0 Å². The molecule has 4 nitrogen and oxygen atoms in total. The smallest absolute Gasteiger partial charge is 0.314 e. The fraction of sp³-hybridized carbons (Fsp3) is 0.875. The van der Waals surface area contributed by atoms with Crippen LogP contribution in [0.15, 0.2) is 0 Å². The van der Waals surface area contributed by atoms with E-state index in [2.05, 4.69) is 10.6 Å². The summed E-state index contributed by atoms with van der Waals surface area (Å²) in [5, 5.41) is 14.7. The second-order valence-electron chi connectivity index (χ2n) is 3.18. The lowest BCUT2D eigenvalue weighted by Crippen LogP contribution is -2.48. The molecule has 3 N–H and O–H groups in total. The maximum absolute atomic E-state index is 10.9. The second kappa shape index (κ2) is 4.30. The van der Waals surface area contributed by atoms with Crippen LogP contribution in [0.1, 0.15) is 25.7 Å². The largest absolute Gasteiger partial charge is 0.391 e. The molecule has 2 atom stereocenters. The lowest BCUT2D eigenvalue weighted by atomic mass is 9.93. The first-order valence-corrected chi connectivity index (χ1v) is 4.40. The molecule has 0 saturated heterocycles. The molecule has 0 aromatic carbocycles. The Kier molecular flexibility index (Phi) is 3.34. The molecule has 70 valence electrons. The number of hydrogen-bond donors (Lipinski definition) is 3. The molecule has 1 fully saturated rings. The predicted octanol–water partition coefficient (Wildman–Crippen LogP) is 0.219. The molecule has 1 aliphatic carbocycles. The first kappa shape index (κ1) is 9.32. The zero-order valence-electron chi connectivity index (χ0n) is 7.34. The van der Waals surface area contributed by atoms with Crippen LogP contribution in [0.4, 0.5) is 4.79 Å². The Hall–Kier alpha value is -0.770. The van der Waals surface area contributed by atoms with Gasteiger partial charge in [-0.25, -0.2) is 4.79 Å². The van der Waals surface area contributed by atoms with Crippen molar-refractivity contribution in [1.82, 2.24) is 10.6 Å². The van der Waals surface area contributed by atoms with Crippen molar-refractivity contribution in [1.29, 1.82) is 0 Å². The molecule has 2 amide bonds. The summed E-state index contributed by atoms with van der Waals surface area (Å²) >= 11 is 0. The van der Waals surface area contributed by atoms with Crippen molar-refractivity contribution in [2.75, 3.05) is 7.05 Å². The van der Waals surface area contributed by atoms with Crippen LogP contribution in [-0.2, 0) is 0 Å². The van der Waals surface area contributed by atoms with Crippen molar-refractivity contribution in [2.24, 2.45) is 0 Å². The number of aliphatic hydroxyl groups is 1. The molecule has 0 heterocycles. The Bertz CT molecular complexity index is 161. The maximum Gasteiger partial charge on any atom is 0.314 e. The molecular formula is C8H16N2O2. The number of rotatable bonds is 1. The van der Waals surface area contributed by atoms with E-state index < -0.39 is 0 Å². The van der Waals surface area contributed by atoms with Crippen molar-refractivity contribution >= 4 is 6.03 Å². The molecule has 0 unspecified atom stereocenters.